The summed E-state index contributed by atoms with van der Waals surface area (Å²) in [6.07, 6.45) is 0.832. The van der Waals surface area contributed by atoms with Gasteiger partial charge in [-0.15, -0.1) is 0 Å². The number of rotatable bonds is 4. The molecule has 0 aliphatic carbocycles. The molecule has 0 radical (unpaired) electrons. The molecule has 0 unspecified atom stereocenters. The van der Waals surface area contributed by atoms with Crippen LogP contribution in [0.4, 0.5) is 5.69 Å². The van der Waals surface area contributed by atoms with Gasteiger partial charge in [0.25, 0.3) is 0 Å². The van der Waals surface area contributed by atoms with E-state index in [9.17, 15) is 24.5 Å². The lowest BCUT2D eigenvalue weighted by atomic mass is 10.1. The van der Waals surface area contributed by atoms with E-state index in [1.54, 1.807) is 18.2 Å². The summed E-state index contributed by atoms with van der Waals surface area (Å²) in [5.41, 5.74) is 3.17. The number of aromatic amines is 1. The molecule has 0 bridgehead atoms. The number of amides is 1. The van der Waals surface area contributed by atoms with E-state index in [1.807, 2.05) is 4.98 Å². The predicted octanol–water partition coefficient (Wildman–Crippen LogP) is -0.408. The molecule has 0 atom stereocenters. The van der Waals surface area contributed by atoms with Crippen molar-refractivity contribution in [2.75, 3.05) is 0 Å². The van der Waals surface area contributed by atoms with Crippen LogP contribution in [-0.2, 0) is 6.54 Å². The molecule has 9 heteroatoms. The quantitative estimate of drug-likeness (QED) is 0.581. The van der Waals surface area contributed by atoms with Crippen molar-refractivity contribution in [2.24, 2.45) is 5.73 Å². The van der Waals surface area contributed by atoms with Gasteiger partial charge in [-0.25, -0.2) is 4.79 Å². The fourth-order valence-electron chi connectivity index (χ4n) is 1.83. The van der Waals surface area contributed by atoms with E-state index in [0.717, 1.165) is 10.8 Å². The molecule has 0 saturated carbocycles. The minimum absolute atomic E-state index is 0.129. The first-order chi connectivity index (χ1) is 9.90. The van der Waals surface area contributed by atoms with Crippen LogP contribution in [0, 0.1) is 10.1 Å². The molecule has 2 rings (SSSR count). The number of carbonyl (C=O) groups excluding carboxylic acids is 1. The number of aromatic nitrogens is 2. The van der Waals surface area contributed by atoms with Crippen LogP contribution < -0.4 is 17.0 Å². The van der Waals surface area contributed by atoms with E-state index in [2.05, 4.69) is 0 Å². The molecule has 108 valence electrons. The molecule has 1 heterocycles. The maximum atomic E-state index is 11.7. The average Bonchev–Trinajstić information content (AvgIpc) is 2.41. The minimum Gasteiger partial charge on any atom is -0.366 e. The van der Waals surface area contributed by atoms with Crippen molar-refractivity contribution in [2.45, 2.75) is 6.54 Å². The Morgan fingerprint density at radius 3 is 2.62 bits per heavy atom. The number of nitrogens with two attached hydrogens (primary N) is 1. The first kappa shape index (κ1) is 14.2. The molecule has 21 heavy (non-hydrogen) atoms. The molecular formula is C12H10N4O5. The van der Waals surface area contributed by atoms with E-state index >= 15 is 0 Å². The van der Waals surface area contributed by atoms with Crippen molar-refractivity contribution < 1.29 is 9.72 Å². The monoisotopic (exact) mass is 290 g/mol. The van der Waals surface area contributed by atoms with Crippen LogP contribution in [0.3, 0.4) is 0 Å². The standard InChI is InChI=1S/C12H10N4O5/c13-10(17)8-4-2-1-3-7(8)5-15-6-9(16(20)21)11(18)14-12(15)19/h1-4,6H,5H2,(H2,13,17)(H,14,18,19). The van der Waals surface area contributed by atoms with Crippen molar-refractivity contribution in [3.63, 3.8) is 0 Å². The fourth-order valence-corrected chi connectivity index (χ4v) is 1.83. The lowest BCUT2D eigenvalue weighted by molar-refractivity contribution is -0.386. The number of nitrogens with zero attached hydrogens (tertiary/aromatic N) is 2. The van der Waals surface area contributed by atoms with Crippen molar-refractivity contribution in [3.8, 4) is 0 Å². The molecule has 1 aromatic carbocycles. The summed E-state index contributed by atoms with van der Waals surface area (Å²) < 4.78 is 0.932. The minimum atomic E-state index is -1.08. The second kappa shape index (κ2) is 5.41. The van der Waals surface area contributed by atoms with Crippen molar-refractivity contribution in [1.82, 2.24) is 9.55 Å². The smallest absolute Gasteiger partial charge is 0.350 e. The summed E-state index contributed by atoms with van der Waals surface area (Å²) in [6, 6.07) is 6.26. The Kier molecular flexibility index (Phi) is 3.65. The number of benzene rings is 1. The van der Waals surface area contributed by atoms with Crippen LogP contribution in [0.2, 0.25) is 0 Å². The zero-order chi connectivity index (χ0) is 15.6. The highest BCUT2D eigenvalue weighted by atomic mass is 16.6. The highest BCUT2D eigenvalue weighted by molar-refractivity contribution is 5.94. The summed E-state index contributed by atoms with van der Waals surface area (Å²) >= 11 is 0. The van der Waals surface area contributed by atoms with E-state index in [0.29, 0.717) is 5.56 Å². The molecule has 0 aliphatic rings. The third kappa shape index (κ3) is 2.86. The van der Waals surface area contributed by atoms with Crippen molar-refractivity contribution >= 4 is 11.6 Å². The predicted molar refractivity (Wildman–Crippen MR) is 72.0 cm³/mol. The fraction of sp³-hybridized carbons (Fsp3) is 0.0833. The molecule has 0 saturated heterocycles. The summed E-state index contributed by atoms with van der Waals surface area (Å²) in [5, 5.41) is 10.7. The van der Waals surface area contributed by atoms with E-state index in [1.165, 1.54) is 6.07 Å². The zero-order valence-corrected chi connectivity index (χ0v) is 10.6. The van der Waals surface area contributed by atoms with Crippen LogP contribution in [0.25, 0.3) is 0 Å². The Morgan fingerprint density at radius 2 is 2.00 bits per heavy atom. The van der Waals surface area contributed by atoms with E-state index < -0.39 is 27.8 Å². The molecular weight excluding hydrogens is 280 g/mol. The normalized spacial score (nSPS) is 10.3. The Bertz CT molecular complexity index is 836. The van der Waals surface area contributed by atoms with Gasteiger partial charge in [-0.1, -0.05) is 18.2 Å². The van der Waals surface area contributed by atoms with Gasteiger partial charge in [0.1, 0.15) is 0 Å². The average molecular weight is 290 g/mol. The molecule has 1 aromatic heterocycles. The first-order valence-corrected chi connectivity index (χ1v) is 5.76. The SMILES string of the molecule is NC(=O)c1ccccc1Cn1cc([N+](=O)[O-])c(=O)[nH]c1=O. The van der Waals surface area contributed by atoms with Gasteiger partial charge in [0.05, 0.1) is 17.7 Å². The van der Waals surface area contributed by atoms with Gasteiger partial charge in [0.2, 0.25) is 5.91 Å². The van der Waals surface area contributed by atoms with Crippen LogP contribution in [0.15, 0.2) is 40.1 Å². The molecule has 0 fully saturated rings. The third-order valence-corrected chi connectivity index (χ3v) is 2.81. The Morgan fingerprint density at radius 1 is 1.33 bits per heavy atom. The molecule has 9 nitrogen and oxygen atoms in total. The highest BCUT2D eigenvalue weighted by Crippen LogP contribution is 2.10. The molecule has 0 aliphatic heterocycles. The molecule has 0 spiro atoms. The molecule has 3 N–H and O–H groups in total. The summed E-state index contributed by atoms with van der Waals surface area (Å²) in [5.74, 6) is -0.683. The Balaban J connectivity index is 2.53. The summed E-state index contributed by atoms with van der Waals surface area (Å²) in [7, 11) is 0. The van der Waals surface area contributed by atoms with Gasteiger partial charge in [0, 0.05) is 5.56 Å². The van der Waals surface area contributed by atoms with Crippen LogP contribution in [0.5, 0.6) is 0 Å². The van der Waals surface area contributed by atoms with Gasteiger partial charge in [-0.3, -0.25) is 29.3 Å². The Labute approximate surface area is 116 Å². The maximum Gasteiger partial charge on any atom is 0.350 e. The highest BCUT2D eigenvalue weighted by Gasteiger charge is 2.16. The van der Waals surface area contributed by atoms with Gasteiger partial charge < -0.3 is 5.73 Å². The molecule has 1 amide bonds. The van der Waals surface area contributed by atoms with E-state index in [-0.39, 0.29) is 12.1 Å². The zero-order valence-electron chi connectivity index (χ0n) is 10.6. The van der Waals surface area contributed by atoms with Gasteiger partial charge in [0.15, 0.2) is 0 Å². The Hall–Kier alpha value is -3.23. The van der Waals surface area contributed by atoms with Crippen LogP contribution in [-0.4, -0.2) is 20.4 Å². The largest absolute Gasteiger partial charge is 0.366 e. The second-order valence-corrected chi connectivity index (χ2v) is 4.18. The summed E-state index contributed by atoms with van der Waals surface area (Å²) in [4.78, 5) is 45.9. The first-order valence-electron chi connectivity index (χ1n) is 5.76. The number of nitro groups is 1. The second-order valence-electron chi connectivity index (χ2n) is 4.18. The van der Waals surface area contributed by atoms with Crippen molar-refractivity contribution in [1.29, 1.82) is 0 Å². The van der Waals surface area contributed by atoms with Gasteiger partial charge in [-0.05, 0) is 11.6 Å². The topological polar surface area (TPSA) is 141 Å². The van der Waals surface area contributed by atoms with Crippen LogP contribution in [0.1, 0.15) is 15.9 Å². The number of nitrogens with one attached hydrogen (secondary N) is 1. The summed E-state index contributed by atoms with van der Waals surface area (Å²) in [6.45, 7) is -0.129. The molecule has 2 aromatic rings. The number of primary amides is 1. The number of carbonyl (C=O) groups is 1. The number of hydrogen-bond donors (Lipinski definition) is 2. The van der Waals surface area contributed by atoms with Gasteiger partial charge >= 0.3 is 16.9 Å². The number of hydrogen-bond acceptors (Lipinski definition) is 5. The maximum absolute atomic E-state index is 11.7. The van der Waals surface area contributed by atoms with Crippen molar-refractivity contribution in [3.05, 3.63) is 72.5 Å². The van der Waals surface area contributed by atoms with E-state index in [4.69, 9.17) is 5.73 Å². The van der Waals surface area contributed by atoms with Crippen LogP contribution >= 0.6 is 0 Å². The lowest BCUT2D eigenvalue weighted by Gasteiger charge is -2.08. The number of H-pyrrole nitrogens is 1. The van der Waals surface area contributed by atoms with Gasteiger partial charge in [-0.2, -0.15) is 0 Å². The third-order valence-electron chi connectivity index (χ3n) is 2.81. The lowest BCUT2D eigenvalue weighted by Crippen LogP contribution is -2.31.